The van der Waals surface area contributed by atoms with Crippen molar-refractivity contribution in [3.8, 4) is 0 Å². The monoisotopic (exact) mass is 260 g/mol. The Kier molecular flexibility index (Phi) is 5.54. The van der Waals surface area contributed by atoms with Gasteiger partial charge in [-0.25, -0.2) is 0 Å². The molecule has 0 aliphatic rings. The molecule has 0 saturated heterocycles. The number of nitrogen functional groups attached to an aromatic ring is 1. The first-order chi connectivity index (χ1) is 7.58. The lowest BCUT2D eigenvalue weighted by molar-refractivity contribution is -0.118. The highest BCUT2D eigenvalue weighted by atomic mass is 32.2. The van der Waals surface area contributed by atoms with E-state index < -0.39 is 0 Å². The zero-order valence-corrected chi connectivity index (χ0v) is 11.0. The number of carbonyl (C=O) groups is 1. The molecule has 0 saturated carbocycles. The second-order valence-corrected chi connectivity index (χ2v) is 5.96. The normalized spacial score (nSPS) is 10.7. The molecule has 1 rings (SSSR count). The molecule has 1 aromatic heterocycles. The van der Waals surface area contributed by atoms with E-state index >= 15 is 0 Å². The van der Waals surface area contributed by atoms with Crippen molar-refractivity contribution in [1.29, 1.82) is 0 Å². The maximum Gasteiger partial charge on any atom is 0.230 e. The van der Waals surface area contributed by atoms with Gasteiger partial charge in [0, 0.05) is 6.54 Å². The van der Waals surface area contributed by atoms with Gasteiger partial charge in [-0.2, -0.15) is 0 Å². The van der Waals surface area contributed by atoms with Gasteiger partial charge in [0.1, 0.15) is 0 Å². The number of hydrogen-bond donors (Lipinski definition) is 2. The summed E-state index contributed by atoms with van der Waals surface area (Å²) in [5, 5.41) is 10.8. The fourth-order valence-corrected chi connectivity index (χ4v) is 2.42. The van der Waals surface area contributed by atoms with Gasteiger partial charge in [0.05, 0.1) is 5.75 Å². The maximum absolute atomic E-state index is 11.4. The molecule has 0 atom stereocenters. The number of anilines is 1. The third kappa shape index (κ3) is 5.32. The van der Waals surface area contributed by atoms with Crippen LogP contribution < -0.4 is 11.1 Å². The number of nitrogens with one attached hydrogen (secondary N) is 1. The Balaban J connectivity index is 2.15. The van der Waals surface area contributed by atoms with Crippen LogP contribution in [0.4, 0.5) is 5.13 Å². The molecule has 0 aliphatic heterocycles. The first-order valence-electron chi connectivity index (χ1n) is 5.06. The Labute approximate surface area is 103 Å². The Morgan fingerprint density at radius 2 is 2.31 bits per heavy atom. The first-order valence-corrected chi connectivity index (χ1v) is 6.86. The van der Waals surface area contributed by atoms with E-state index in [1.165, 1.54) is 23.1 Å². The molecular formula is C9H16N4OS2. The summed E-state index contributed by atoms with van der Waals surface area (Å²) in [5.74, 6) is 1.00. The Bertz CT molecular complexity index is 340. The van der Waals surface area contributed by atoms with Crippen LogP contribution in [0.1, 0.15) is 20.3 Å². The number of nitrogens with two attached hydrogens (primary N) is 1. The van der Waals surface area contributed by atoms with Crippen LogP contribution in [0.15, 0.2) is 4.34 Å². The Morgan fingerprint density at radius 3 is 2.88 bits per heavy atom. The summed E-state index contributed by atoms with van der Waals surface area (Å²) in [6.45, 7) is 4.99. The second kappa shape index (κ2) is 6.70. The summed E-state index contributed by atoms with van der Waals surface area (Å²) in [6, 6.07) is 0. The number of nitrogens with zero attached hydrogens (tertiary/aromatic N) is 2. The van der Waals surface area contributed by atoms with Gasteiger partial charge in [-0.1, -0.05) is 36.9 Å². The highest BCUT2D eigenvalue weighted by molar-refractivity contribution is 8.01. The van der Waals surface area contributed by atoms with Crippen LogP contribution in [0.25, 0.3) is 0 Å². The molecule has 1 heterocycles. The molecule has 1 aromatic rings. The number of aromatic nitrogens is 2. The molecular weight excluding hydrogens is 244 g/mol. The van der Waals surface area contributed by atoms with Gasteiger partial charge in [-0.05, 0) is 12.3 Å². The summed E-state index contributed by atoms with van der Waals surface area (Å²) in [6.07, 6.45) is 1.00. The van der Waals surface area contributed by atoms with E-state index in [0.29, 0.717) is 16.8 Å². The van der Waals surface area contributed by atoms with Crippen molar-refractivity contribution in [2.24, 2.45) is 5.92 Å². The van der Waals surface area contributed by atoms with Crippen LogP contribution in [0, 0.1) is 5.92 Å². The van der Waals surface area contributed by atoms with E-state index in [2.05, 4.69) is 29.4 Å². The summed E-state index contributed by atoms with van der Waals surface area (Å²) in [5.41, 5.74) is 5.43. The van der Waals surface area contributed by atoms with E-state index in [1.54, 1.807) is 0 Å². The van der Waals surface area contributed by atoms with Crippen LogP contribution in [0.5, 0.6) is 0 Å². The molecule has 0 bridgehead atoms. The second-order valence-electron chi connectivity index (χ2n) is 3.73. The molecule has 0 unspecified atom stereocenters. The molecule has 3 N–H and O–H groups in total. The lowest BCUT2D eigenvalue weighted by atomic mass is 10.1. The standard InChI is InChI=1S/C9H16N4OS2/c1-6(2)3-4-11-7(14)5-15-9-13-12-8(10)16-9/h6H,3-5H2,1-2H3,(H2,10,12)(H,11,14). The molecule has 7 heteroatoms. The van der Waals surface area contributed by atoms with Crippen molar-refractivity contribution in [1.82, 2.24) is 15.5 Å². The molecule has 16 heavy (non-hydrogen) atoms. The minimum Gasteiger partial charge on any atom is -0.374 e. The zero-order valence-electron chi connectivity index (χ0n) is 9.40. The zero-order chi connectivity index (χ0) is 12.0. The number of hydrogen-bond acceptors (Lipinski definition) is 6. The van der Waals surface area contributed by atoms with Gasteiger partial charge in [-0.15, -0.1) is 10.2 Å². The molecule has 90 valence electrons. The highest BCUT2D eigenvalue weighted by Gasteiger charge is 2.06. The average molecular weight is 260 g/mol. The number of rotatable bonds is 6. The predicted molar refractivity (Wildman–Crippen MR) is 67.5 cm³/mol. The van der Waals surface area contributed by atoms with Crippen LogP contribution in [-0.2, 0) is 4.79 Å². The van der Waals surface area contributed by atoms with E-state index in [1.807, 2.05) is 0 Å². The number of carbonyl (C=O) groups excluding carboxylic acids is 1. The van der Waals surface area contributed by atoms with Gasteiger partial charge in [0.2, 0.25) is 11.0 Å². The lowest BCUT2D eigenvalue weighted by Crippen LogP contribution is -2.26. The molecule has 0 spiro atoms. The number of amides is 1. The topological polar surface area (TPSA) is 80.9 Å². The smallest absolute Gasteiger partial charge is 0.230 e. The van der Waals surface area contributed by atoms with E-state index in [9.17, 15) is 4.79 Å². The summed E-state index contributed by atoms with van der Waals surface area (Å²) < 4.78 is 0.733. The quantitative estimate of drug-likeness (QED) is 0.755. The molecule has 1 amide bonds. The van der Waals surface area contributed by atoms with E-state index in [4.69, 9.17) is 5.73 Å². The minimum absolute atomic E-state index is 0.0272. The predicted octanol–water partition coefficient (Wildman–Crippen LogP) is 1.37. The Morgan fingerprint density at radius 1 is 1.56 bits per heavy atom. The molecule has 0 aliphatic carbocycles. The highest BCUT2D eigenvalue weighted by Crippen LogP contribution is 2.22. The molecule has 0 aromatic carbocycles. The average Bonchev–Trinajstić information content (AvgIpc) is 2.61. The van der Waals surface area contributed by atoms with Crippen LogP contribution in [0.2, 0.25) is 0 Å². The summed E-state index contributed by atoms with van der Waals surface area (Å²) >= 11 is 2.66. The van der Waals surface area contributed by atoms with Crippen molar-refractivity contribution in [3.63, 3.8) is 0 Å². The van der Waals surface area contributed by atoms with Crippen LogP contribution in [-0.4, -0.2) is 28.4 Å². The molecule has 0 radical (unpaired) electrons. The van der Waals surface area contributed by atoms with E-state index in [-0.39, 0.29) is 5.91 Å². The SMILES string of the molecule is CC(C)CCNC(=O)CSc1nnc(N)s1. The van der Waals surface area contributed by atoms with Gasteiger partial charge in [0.15, 0.2) is 4.34 Å². The lowest BCUT2D eigenvalue weighted by Gasteiger charge is -2.05. The van der Waals surface area contributed by atoms with Crippen LogP contribution >= 0.6 is 23.1 Å². The third-order valence-electron chi connectivity index (χ3n) is 1.79. The van der Waals surface area contributed by atoms with Crippen LogP contribution in [0.3, 0.4) is 0 Å². The van der Waals surface area contributed by atoms with Gasteiger partial charge < -0.3 is 11.1 Å². The maximum atomic E-state index is 11.4. The first kappa shape index (κ1) is 13.2. The van der Waals surface area contributed by atoms with Crippen molar-refractivity contribution in [3.05, 3.63) is 0 Å². The molecule has 0 fully saturated rings. The van der Waals surface area contributed by atoms with Gasteiger partial charge >= 0.3 is 0 Å². The van der Waals surface area contributed by atoms with Crippen molar-refractivity contribution in [2.75, 3.05) is 18.0 Å². The van der Waals surface area contributed by atoms with Crippen molar-refractivity contribution < 1.29 is 4.79 Å². The molecule has 5 nitrogen and oxygen atoms in total. The fourth-order valence-electron chi connectivity index (χ4n) is 0.957. The van der Waals surface area contributed by atoms with Crippen molar-refractivity contribution >= 4 is 34.1 Å². The fraction of sp³-hybridized carbons (Fsp3) is 0.667. The number of thioether (sulfide) groups is 1. The largest absolute Gasteiger partial charge is 0.374 e. The summed E-state index contributed by atoms with van der Waals surface area (Å²) in [7, 11) is 0. The van der Waals surface area contributed by atoms with Crippen molar-refractivity contribution in [2.45, 2.75) is 24.6 Å². The van der Waals surface area contributed by atoms with E-state index in [0.717, 1.165) is 17.3 Å². The van der Waals surface area contributed by atoms with Gasteiger partial charge in [-0.3, -0.25) is 4.79 Å². The van der Waals surface area contributed by atoms with Gasteiger partial charge in [0.25, 0.3) is 0 Å². The summed E-state index contributed by atoms with van der Waals surface area (Å²) in [4.78, 5) is 11.4. The minimum atomic E-state index is 0.0272. The third-order valence-corrected chi connectivity index (χ3v) is 3.68. The Hall–Kier alpha value is -0.820.